The van der Waals surface area contributed by atoms with Gasteiger partial charge in [0.1, 0.15) is 6.29 Å². The number of nitrogens with two attached hydrogens (primary N) is 1. The van der Waals surface area contributed by atoms with E-state index in [1.165, 1.54) is 0 Å². The molecule has 7 heteroatoms. The molecule has 0 aromatic heterocycles. The molecule has 0 atom stereocenters. The lowest BCUT2D eigenvalue weighted by Crippen LogP contribution is -2.37. The lowest BCUT2D eigenvalue weighted by molar-refractivity contribution is -0.117. The van der Waals surface area contributed by atoms with Crippen LogP contribution in [0.3, 0.4) is 0 Å². The summed E-state index contributed by atoms with van der Waals surface area (Å²) in [7, 11) is -3.21. The summed E-state index contributed by atoms with van der Waals surface area (Å²) in [5.41, 5.74) is 4.92. The largest absolute Gasteiger partial charge is 0.370 e. The lowest BCUT2D eigenvalue weighted by atomic mass is 9.99. The maximum Gasteiger partial charge on any atom is 0.218 e. The van der Waals surface area contributed by atoms with Crippen LogP contribution < -0.4 is 5.73 Å². The molecule has 1 aliphatic heterocycles. The molecule has 1 aliphatic rings. The molecular weight excluding hydrogens is 256 g/mol. The number of rotatable bonds is 7. The Labute approximate surface area is 107 Å². The Balaban J connectivity index is 2.28. The number of piperidine rings is 1. The van der Waals surface area contributed by atoms with E-state index >= 15 is 0 Å². The van der Waals surface area contributed by atoms with E-state index in [2.05, 4.69) is 0 Å². The molecule has 1 saturated heterocycles. The van der Waals surface area contributed by atoms with Crippen LogP contribution in [-0.2, 0) is 19.4 Å². The zero-order valence-corrected chi connectivity index (χ0v) is 11.2. The number of carbonyl (C=O) groups is 2. The Bertz CT molecular complexity index is 386. The van der Waals surface area contributed by atoms with Crippen molar-refractivity contribution in [1.82, 2.24) is 4.90 Å². The van der Waals surface area contributed by atoms with Crippen LogP contribution in [0.5, 0.6) is 0 Å². The molecule has 2 N–H and O–H groups in total. The molecule has 6 nitrogen and oxygen atoms in total. The van der Waals surface area contributed by atoms with E-state index in [4.69, 9.17) is 5.73 Å². The summed E-state index contributed by atoms with van der Waals surface area (Å²) in [5.74, 6) is -0.600. The molecule has 104 valence electrons. The van der Waals surface area contributed by atoms with Crippen molar-refractivity contribution in [2.75, 3.05) is 31.1 Å². The SMILES string of the molecule is NC(=O)CCS(=O)(=O)CCN1CCC(C=O)CC1. The number of hydrogen-bond donors (Lipinski definition) is 1. The summed E-state index contributed by atoms with van der Waals surface area (Å²) in [5, 5.41) is 0. The van der Waals surface area contributed by atoms with Crippen LogP contribution in [0.4, 0.5) is 0 Å². The van der Waals surface area contributed by atoms with Gasteiger partial charge in [0, 0.05) is 18.9 Å². The minimum absolute atomic E-state index is 0.0477. The average molecular weight is 276 g/mol. The van der Waals surface area contributed by atoms with Crippen LogP contribution in [-0.4, -0.2) is 56.7 Å². The van der Waals surface area contributed by atoms with E-state index in [0.717, 1.165) is 32.2 Å². The van der Waals surface area contributed by atoms with Crippen molar-refractivity contribution < 1.29 is 18.0 Å². The molecule has 1 amide bonds. The topological polar surface area (TPSA) is 97.5 Å². The van der Waals surface area contributed by atoms with Gasteiger partial charge in [-0.3, -0.25) is 4.79 Å². The van der Waals surface area contributed by atoms with Crippen molar-refractivity contribution in [3.8, 4) is 0 Å². The molecular formula is C11H20N2O4S. The van der Waals surface area contributed by atoms with Crippen LogP contribution in [0.15, 0.2) is 0 Å². The van der Waals surface area contributed by atoms with Crippen LogP contribution >= 0.6 is 0 Å². The molecule has 0 saturated carbocycles. The van der Waals surface area contributed by atoms with Gasteiger partial charge in [0.15, 0.2) is 9.84 Å². The third-order valence-electron chi connectivity index (χ3n) is 3.20. The second kappa shape index (κ2) is 6.84. The third kappa shape index (κ3) is 5.59. The van der Waals surface area contributed by atoms with E-state index < -0.39 is 15.7 Å². The number of sulfone groups is 1. The molecule has 18 heavy (non-hydrogen) atoms. The molecule has 0 aromatic rings. The van der Waals surface area contributed by atoms with Gasteiger partial charge in [-0.05, 0) is 25.9 Å². The van der Waals surface area contributed by atoms with Gasteiger partial charge in [-0.2, -0.15) is 0 Å². The Kier molecular flexibility index (Phi) is 5.74. The molecule has 0 spiro atoms. The average Bonchev–Trinajstić information content (AvgIpc) is 2.35. The van der Waals surface area contributed by atoms with E-state index in [0.29, 0.717) is 6.54 Å². The van der Waals surface area contributed by atoms with E-state index in [9.17, 15) is 18.0 Å². The van der Waals surface area contributed by atoms with Gasteiger partial charge in [-0.25, -0.2) is 8.42 Å². The van der Waals surface area contributed by atoms with Gasteiger partial charge in [-0.1, -0.05) is 0 Å². The number of amides is 1. The first kappa shape index (κ1) is 15.1. The number of likely N-dealkylation sites (tertiary alicyclic amines) is 1. The van der Waals surface area contributed by atoms with Crippen LogP contribution in [0.25, 0.3) is 0 Å². The zero-order chi connectivity index (χ0) is 13.6. The minimum Gasteiger partial charge on any atom is -0.370 e. The Morgan fingerprint density at radius 1 is 1.28 bits per heavy atom. The van der Waals surface area contributed by atoms with Crippen LogP contribution in [0.1, 0.15) is 19.3 Å². The molecule has 0 bridgehead atoms. The van der Waals surface area contributed by atoms with Gasteiger partial charge >= 0.3 is 0 Å². The van der Waals surface area contributed by atoms with Crippen LogP contribution in [0, 0.1) is 5.92 Å². The van der Waals surface area contributed by atoms with E-state index in [1.54, 1.807) is 0 Å². The number of hydrogen-bond acceptors (Lipinski definition) is 5. The monoisotopic (exact) mass is 276 g/mol. The fourth-order valence-corrected chi connectivity index (χ4v) is 3.19. The van der Waals surface area contributed by atoms with Crippen molar-refractivity contribution >= 4 is 22.0 Å². The molecule has 1 rings (SSSR count). The van der Waals surface area contributed by atoms with Crippen molar-refractivity contribution in [2.45, 2.75) is 19.3 Å². The first-order valence-electron chi connectivity index (χ1n) is 6.09. The lowest BCUT2D eigenvalue weighted by Gasteiger charge is -2.29. The Hall–Kier alpha value is -0.950. The quantitative estimate of drug-likeness (QED) is 0.613. The summed E-state index contributed by atoms with van der Waals surface area (Å²) in [6, 6.07) is 0. The zero-order valence-electron chi connectivity index (χ0n) is 10.4. The normalized spacial score (nSPS) is 18.7. The van der Waals surface area contributed by atoms with Gasteiger partial charge in [0.05, 0.1) is 11.5 Å². The summed E-state index contributed by atoms with van der Waals surface area (Å²) in [6.07, 6.45) is 2.45. The molecule has 1 fully saturated rings. The highest BCUT2D eigenvalue weighted by Gasteiger charge is 2.20. The standard InChI is InChI=1S/C11H20N2O4S/c12-11(15)3-7-18(16,17)8-6-13-4-1-10(9-14)2-5-13/h9-10H,1-8H2,(H2,12,15). The summed E-state index contributed by atoms with van der Waals surface area (Å²) in [4.78, 5) is 23.2. The van der Waals surface area contributed by atoms with Gasteiger partial charge in [0.25, 0.3) is 0 Å². The number of carbonyl (C=O) groups excluding carboxylic acids is 2. The number of aldehydes is 1. The summed E-state index contributed by atoms with van der Waals surface area (Å²) < 4.78 is 23.2. The first-order chi connectivity index (χ1) is 8.43. The predicted molar refractivity (Wildman–Crippen MR) is 67.7 cm³/mol. The highest BCUT2D eigenvalue weighted by atomic mass is 32.2. The highest BCUT2D eigenvalue weighted by molar-refractivity contribution is 7.91. The smallest absolute Gasteiger partial charge is 0.218 e. The van der Waals surface area contributed by atoms with Crippen LogP contribution in [0.2, 0.25) is 0 Å². The summed E-state index contributed by atoms with van der Waals surface area (Å²) >= 11 is 0. The third-order valence-corrected chi connectivity index (χ3v) is 4.83. The van der Waals surface area contributed by atoms with Crippen molar-refractivity contribution in [1.29, 1.82) is 0 Å². The van der Waals surface area contributed by atoms with Crippen molar-refractivity contribution in [3.05, 3.63) is 0 Å². The maximum atomic E-state index is 11.6. The second-order valence-corrected chi connectivity index (χ2v) is 6.99. The molecule has 0 aliphatic carbocycles. The number of primary amides is 1. The van der Waals surface area contributed by atoms with Gasteiger partial charge in [-0.15, -0.1) is 0 Å². The first-order valence-corrected chi connectivity index (χ1v) is 7.91. The van der Waals surface area contributed by atoms with Crippen molar-refractivity contribution in [2.24, 2.45) is 11.7 Å². The predicted octanol–water partition coefficient (Wildman–Crippen LogP) is -0.812. The van der Waals surface area contributed by atoms with Gasteiger partial charge in [0.2, 0.25) is 5.91 Å². The minimum atomic E-state index is -3.21. The molecule has 1 heterocycles. The second-order valence-electron chi connectivity index (χ2n) is 4.68. The molecule has 0 unspecified atom stereocenters. The molecule has 0 aromatic carbocycles. The Morgan fingerprint density at radius 3 is 2.39 bits per heavy atom. The maximum absolute atomic E-state index is 11.6. The summed E-state index contributed by atoms with van der Waals surface area (Å²) in [6.45, 7) is 1.98. The van der Waals surface area contributed by atoms with Gasteiger partial charge < -0.3 is 15.4 Å². The Morgan fingerprint density at radius 2 is 1.89 bits per heavy atom. The van der Waals surface area contributed by atoms with E-state index in [1.807, 2.05) is 4.90 Å². The van der Waals surface area contributed by atoms with Crippen molar-refractivity contribution in [3.63, 3.8) is 0 Å². The highest BCUT2D eigenvalue weighted by Crippen LogP contribution is 2.14. The van der Waals surface area contributed by atoms with E-state index in [-0.39, 0.29) is 23.8 Å². The number of nitrogens with zero attached hydrogens (tertiary/aromatic N) is 1. The fourth-order valence-electron chi connectivity index (χ4n) is 1.94. The molecule has 0 radical (unpaired) electrons. The fraction of sp³-hybridized carbons (Fsp3) is 0.818.